The minimum Gasteiger partial charge on any atom is -0.508 e. The number of carbonyl (C=O) groups excluding carboxylic acids is 1. The summed E-state index contributed by atoms with van der Waals surface area (Å²) in [6, 6.07) is 9.99. The lowest BCUT2D eigenvalue weighted by Gasteiger charge is -2.22. The lowest BCUT2D eigenvalue weighted by Crippen LogP contribution is -2.31. The van der Waals surface area contributed by atoms with E-state index in [1.807, 2.05) is 0 Å². The van der Waals surface area contributed by atoms with E-state index in [1.165, 1.54) is 29.2 Å². The summed E-state index contributed by atoms with van der Waals surface area (Å²) < 4.78 is 13.3. The monoisotopic (exact) mass is 274 g/mol. The van der Waals surface area contributed by atoms with Crippen LogP contribution in [0.15, 0.2) is 42.5 Å². The molecule has 104 valence electrons. The summed E-state index contributed by atoms with van der Waals surface area (Å²) in [5.41, 5.74) is 6.58. The maximum absolute atomic E-state index is 13.3. The Morgan fingerprint density at radius 2 is 2.05 bits per heavy atom. The standard InChI is InChI=1S/C15H15FN2O2/c1-2-18(11-4-3-5-12(19)9-11)15(20)13-8-10(16)6-7-14(13)17/h3-9,19H,2,17H2,1H3. The molecule has 0 saturated heterocycles. The highest BCUT2D eigenvalue weighted by molar-refractivity contribution is 6.09. The van der Waals surface area contributed by atoms with Gasteiger partial charge in [0.1, 0.15) is 11.6 Å². The van der Waals surface area contributed by atoms with Crippen molar-refractivity contribution in [2.75, 3.05) is 17.2 Å². The molecule has 3 N–H and O–H groups in total. The molecule has 0 atom stereocenters. The van der Waals surface area contributed by atoms with Crippen LogP contribution in [0.4, 0.5) is 15.8 Å². The average Bonchev–Trinajstić information content (AvgIpc) is 2.42. The topological polar surface area (TPSA) is 66.6 Å². The quantitative estimate of drug-likeness (QED) is 0.846. The second-order valence-corrected chi connectivity index (χ2v) is 4.30. The van der Waals surface area contributed by atoms with Crippen LogP contribution in [0.3, 0.4) is 0 Å². The van der Waals surface area contributed by atoms with Crippen molar-refractivity contribution in [3.05, 3.63) is 53.8 Å². The van der Waals surface area contributed by atoms with Gasteiger partial charge in [-0.25, -0.2) is 4.39 Å². The number of halogens is 1. The predicted octanol–water partition coefficient (Wildman–Crippen LogP) is 2.78. The number of hydrogen-bond donors (Lipinski definition) is 2. The summed E-state index contributed by atoms with van der Waals surface area (Å²) in [5.74, 6) is -0.870. The summed E-state index contributed by atoms with van der Waals surface area (Å²) in [7, 11) is 0. The van der Waals surface area contributed by atoms with Gasteiger partial charge in [0.15, 0.2) is 0 Å². The number of phenols is 1. The van der Waals surface area contributed by atoms with Crippen molar-refractivity contribution < 1.29 is 14.3 Å². The van der Waals surface area contributed by atoms with Gasteiger partial charge in [0, 0.05) is 24.0 Å². The van der Waals surface area contributed by atoms with Gasteiger partial charge in [-0.1, -0.05) is 6.07 Å². The summed E-state index contributed by atoms with van der Waals surface area (Å²) >= 11 is 0. The highest BCUT2D eigenvalue weighted by atomic mass is 19.1. The fourth-order valence-electron chi connectivity index (χ4n) is 1.96. The van der Waals surface area contributed by atoms with Crippen LogP contribution in [0.1, 0.15) is 17.3 Å². The van der Waals surface area contributed by atoms with E-state index in [1.54, 1.807) is 19.1 Å². The molecule has 0 spiro atoms. The maximum Gasteiger partial charge on any atom is 0.260 e. The van der Waals surface area contributed by atoms with Crippen molar-refractivity contribution in [3.63, 3.8) is 0 Å². The Balaban J connectivity index is 2.41. The predicted molar refractivity (Wildman–Crippen MR) is 76.3 cm³/mol. The second kappa shape index (κ2) is 5.61. The third kappa shape index (κ3) is 2.71. The number of phenolic OH excluding ortho intramolecular Hbond substituents is 1. The van der Waals surface area contributed by atoms with E-state index >= 15 is 0 Å². The van der Waals surface area contributed by atoms with Gasteiger partial charge in [-0.2, -0.15) is 0 Å². The molecular formula is C15H15FN2O2. The van der Waals surface area contributed by atoms with Crippen LogP contribution in [-0.4, -0.2) is 17.6 Å². The van der Waals surface area contributed by atoms with Gasteiger partial charge >= 0.3 is 0 Å². The third-order valence-electron chi connectivity index (χ3n) is 2.95. The van der Waals surface area contributed by atoms with E-state index in [-0.39, 0.29) is 17.0 Å². The molecule has 0 radical (unpaired) electrons. The molecule has 0 aliphatic heterocycles. The van der Waals surface area contributed by atoms with Gasteiger partial charge in [-0.3, -0.25) is 4.79 Å². The molecule has 5 heteroatoms. The lowest BCUT2D eigenvalue weighted by molar-refractivity contribution is 0.0988. The zero-order valence-corrected chi connectivity index (χ0v) is 11.0. The number of nitrogens with two attached hydrogens (primary N) is 1. The van der Waals surface area contributed by atoms with Crippen LogP contribution in [0, 0.1) is 5.82 Å². The fraction of sp³-hybridized carbons (Fsp3) is 0.133. The number of nitrogen functional groups attached to an aromatic ring is 1. The molecule has 0 heterocycles. The summed E-state index contributed by atoms with van der Waals surface area (Å²) in [6.45, 7) is 2.16. The van der Waals surface area contributed by atoms with Crippen molar-refractivity contribution in [3.8, 4) is 5.75 Å². The molecule has 0 unspecified atom stereocenters. The zero-order valence-electron chi connectivity index (χ0n) is 11.0. The number of rotatable bonds is 3. The fourth-order valence-corrected chi connectivity index (χ4v) is 1.96. The normalized spacial score (nSPS) is 10.3. The van der Waals surface area contributed by atoms with E-state index in [4.69, 9.17) is 5.73 Å². The third-order valence-corrected chi connectivity index (χ3v) is 2.95. The van der Waals surface area contributed by atoms with Gasteiger partial charge < -0.3 is 15.7 Å². The second-order valence-electron chi connectivity index (χ2n) is 4.30. The van der Waals surface area contributed by atoms with E-state index in [2.05, 4.69) is 0 Å². The Hall–Kier alpha value is -2.56. The Bertz CT molecular complexity index is 644. The molecule has 0 aliphatic carbocycles. The van der Waals surface area contributed by atoms with Gasteiger partial charge in [0.05, 0.1) is 5.56 Å². The lowest BCUT2D eigenvalue weighted by atomic mass is 10.1. The Labute approximate surface area is 116 Å². The van der Waals surface area contributed by atoms with Crippen LogP contribution in [0.2, 0.25) is 0 Å². The van der Waals surface area contributed by atoms with E-state index < -0.39 is 11.7 Å². The molecule has 0 saturated carbocycles. The average molecular weight is 274 g/mol. The molecule has 0 aromatic heterocycles. The Kier molecular flexibility index (Phi) is 3.89. The van der Waals surface area contributed by atoms with Crippen LogP contribution in [0.25, 0.3) is 0 Å². The minimum absolute atomic E-state index is 0.0564. The number of anilines is 2. The number of carbonyl (C=O) groups is 1. The number of benzene rings is 2. The van der Waals surface area contributed by atoms with Crippen LogP contribution in [0.5, 0.6) is 5.75 Å². The SMILES string of the molecule is CCN(C(=O)c1cc(F)ccc1N)c1cccc(O)c1. The van der Waals surface area contributed by atoms with Gasteiger partial charge in [0.25, 0.3) is 5.91 Å². The molecule has 2 aromatic rings. The number of nitrogens with zero attached hydrogens (tertiary/aromatic N) is 1. The zero-order chi connectivity index (χ0) is 14.7. The molecule has 2 aromatic carbocycles. The number of amides is 1. The summed E-state index contributed by atoms with van der Waals surface area (Å²) in [5, 5.41) is 9.49. The molecular weight excluding hydrogens is 259 g/mol. The first-order valence-electron chi connectivity index (χ1n) is 6.19. The van der Waals surface area contributed by atoms with Crippen molar-refractivity contribution in [1.82, 2.24) is 0 Å². The largest absolute Gasteiger partial charge is 0.508 e. The highest BCUT2D eigenvalue weighted by Gasteiger charge is 2.19. The summed E-state index contributed by atoms with van der Waals surface area (Å²) in [4.78, 5) is 13.9. The highest BCUT2D eigenvalue weighted by Crippen LogP contribution is 2.23. The first-order valence-corrected chi connectivity index (χ1v) is 6.19. The Morgan fingerprint density at radius 3 is 2.70 bits per heavy atom. The maximum atomic E-state index is 13.3. The molecule has 4 nitrogen and oxygen atoms in total. The molecule has 2 rings (SSSR count). The van der Waals surface area contributed by atoms with Crippen molar-refractivity contribution >= 4 is 17.3 Å². The Morgan fingerprint density at radius 1 is 1.30 bits per heavy atom. The molecule has 0 bridgehead atoms. The van der Waals surface area contributed by atoms with Gasteiger partial charge in [0.2, 0.25) is 0 Å². The molecule has 1 amide bonds. The molecule has 0 fully saturated rings. The van der Waals surface area contributed by atoms with Gasteiger partial charge in [-0.05, 0) is 37.3 Å². The molecule has 0 aliphatic rings. The van der Waals surface area contributed by atoms with Crippen LogP contribution in [-0.2, 0) is 0 Å². The summed E-state index contributed by atoms with van der Waals surface area (Å²) in [6.07, 6.45) is 0. The number of hydrogen-bond acceptors (Lipinski definition) is 3. The van der Waals surface area contributed by atoms with E-state index in [0.29, 0.717) is 12.2 Å². The van der Waals surface area contributed by atoms with Crippen LogP contribution < -0.4 is 10.6 Å². The molecule has 20 heavy (non-hydrogen) atoms. The van der Waals surface area contributed by atoms with Crippen molar-refractivity contribution in [2.45, 2.75) is 6.92 Å². The minimum atomic E-state index is -0.519. The van der Waals surface area contributed by atoms with Crippen molar-refractivity contribution in [2.24, 2.45) is 0 Å². The smallest absolute Gasteiger partial charge is 0.260 e. The van der Waals surface area contributed by atoms with Gasteiger partial charge in [-0.15, -0.1) is 0 Å². The first-order chi connectivity index (χ1) is 9.52. The number of aromatic hydroxyl groups is 1. The van der Waals surface area contributed by atoms with E-state index in [0.717, 1.165) is 6.07 Å². The first kappa shape index (κ1) is 13.9. The van der Waals surface area contributed by atoms with E-state index in [9.17, 15) is 14.3 Å². The van der Waals surface area contributed by atoms with Crippen molar-refractivity contribution in [1.29, 1.82) is 0 Å². The van der Waals surface area contributed by atoms with Crippen LogP contribution >= 0.6 is 0 Å².